The molecule has 2 aromatic rings. The van der Waals surface area contributed by atoms with E-state index in [9.17, 15) is 9.59 Å². The molecule has 0 aliphatic heterocycles. The van der Waals surface area contributed by atoms with E-state index >= 15 is 0 Å². The monoisotopic (exact) mass is 315 g/mol. The van der Waals surface area contributed by atoms with Crippen molar-refractivity contribution in [2.75, 3.05) is 5.32 Å². The first-order valence-corrected chi connectivity index (χ1v) is 7.41. The van der Waals surface area contributed by atoms with Crippen LogP contribution in [0.15, 0.2) is 34.9 Å². The highest BCUT2D eigenvalue weighted by Gasteiger charge is 2.13. The minimum absolute atomic E-state index is 0.0695. The van der Waals surface area contributed by atoms with Crippen molar-refractivity contribution in [3.63, 3.8) is 0 Å². The molecule has 0 saturated carbocycles. The van der Waals surface area contributed by atoms with Gasteiger partial charge in [-0.05, 0) is 50.6 Å². The second kappa shape index (κ2) is 7.11. The quantitative estimate of drug-likeness (QED) is 0.789. The Kier molecular flexibility index (Phi) is 5.18. The fraction of sp³-hybridized carbons (Fsp3) is 0.294. The smallest absolute Gasteiger partial charge is 0.258 e. The van der Waals surface area contributed by atoms with Gasteiger partial charge in [-0.15, -0.1) is 0 Å². The fourth-order valence-electron chi connectivity index (χ4n) is 2.09. The minimum atomic E-state index is -0.282. The Hall–Kier alpha value is -2.60. The molecule has 23 heavy (non-hydrogen) atoms. The van der Waals surface area contributed by atoms with Crippen LogP contribution < -0.4 is 16.4 Å². The van der Waals surface area contributed by atoms with Crippen molar-refractivity contribution in [3.05, 3.63) is 53.0 Å². The minimum Gasteiger partial charge on any atom is -0.467 e. The lowest BCUT2D eigenvalue weighted by molar-refractivity contribution is 0.0942. The number of nitrogens with two attached hydrogens (primary N) is 1. The number of furan rings is 1. The third kappa shape index (κ3) is 4.20. The molecular formula is C17H21N3O3. The van der Waals surface area contributed by atoms with Gasteiger partial charge < -0.3 is 20.8 Å². The second-order valence-corrected chi connectivity index (χ2v) is 5.62. The van der Waals surface area contributed by atoms with Gasteiger partial charge in [0, 0.05) is 17.3 Å². The van der Waals surface area contributed by atoms with Crippen molar-refractivity contribution in [2.24, 2.45) is 5.73 Å². The van der Waals surface area contributed by atoms with Crippen LogP contribution in [0.5, 0.6) is 0 Å². The second-order valence-electron chi connectivity index (χ2n) is 5.62. The number of amides is 2. The maximum Gasteiger partial charge on any atom is 0.258 e. The van der Waals surface area contributed by atoms with Crippen LogP contribution in [0.4, 0.5) is 5.69 Å². The number of anilines is 1. The number of nitrogens with one attached hydrogen (secondary N) is 2. The van der Waals surface area contributed by atoms with Crippen molar-refractivity contribution < 1.29 is 14.0 Å². The van der Waals surface area contributed by atoms with Crippen molar-refractivity contribution in [3.8, 4) is 0 Å². The van der Waals surface area contributed by atoms with E-state index < -0.39 is 0 Å². The molecule has 1 aromatic heterocycles. The zero-order valence-corrected chi connectivity index (χ0v) is 13.5. The Morgan fingerprint density at radius 2 is 1.91 bits per heavy atom. The predicted molar refractivity (Wildman–Crippen MR) is 88.3 cm³/mol. The van der Waals surface area contributed by atoms with Gasteiger partial charge in [0.1, 0.15) is 12.0 Å². The molecule has 0 saturated heterocycles. The van der Waals surface area contributed by atoms with Gasteiger partial charge in [-0.1, -0.05) is 0 Å². The van der Waals surface area contributed by atoms with Crippen LogP contribution in [0.1, 0.15) is 45.9 Å². The summed E-state index contributed by atoms with van der Waals surface area (Å²) >= 11 is 0. The van der Waals surface area contributed by atoms with E-state index in [0.717, 1.165) is 5.56 Å². The fourth-order valence-corrected chi connectivity index (χ4v) is 2.09. The Morgan fingerprint density at radius 3 is 2.48 bits per heavy atom. The van der Waals surface area contributed by atoms with E-state index in [-0.39, 0.29) is 24.4 Å². The van der Waals surface area contributed by atoms with Crippen LogP contribution in [0.2, 0.25) is 0 Å². The molecule has 0 radical (unpaired) electrons. The van der Waals surface area contributed by atoms with Crippen LogP contribution in [0.25, 0.3) is 0 Å². The summed E-state index contributed by atoms with van der Waals surface area (Å²) in [5, 5.41) is 5.63. The summed E-state index contributed by atoms with van der Waals surface area (Å²) in [5.74, 6) is 0.131. The van der Waals surface area contributed by atoms with E-state index in [1.54, 1.807) is 24.3 Å². The summed E-state index contributed by atoms with van der Waals surface area (Å²) in [6.45, 7) is 5.88. The van der Waals surface area contributed by atoms with E-state index in [4.69, 9.17) is 10.2 Å². The first kappa shape index (κ1) is 16.8. The zero-order valence-electron chi connectivity index (χ0n) is 13.5. The van der Waals surface area contributed by atoms with Crippen molar-refractivity contribution in [1.82, 2.24) is 5.32 Å². The standard InChI is InChI=1S/C17H21N3O3/c1-10(2)19-16(21)12-4-5-15(11(3)6-12)20-17(22)13-7-14(8-18)23-9-13/h4-7,9-10H,8,18H2,1-3H3,(H,19,21)(H,20,22). The van der Waals surface area contributed by atoms with Crippen LogP contribution in [-0.4, -0.2) is 17.9 Å². The first-order chi connectivity index (χ1) is 10.9. The maximum atomic E-state index is 12.2. The van der Waals surface area contributed by atoms with Crippen molar-refractivity contribution in [2.45, 2.75) is 33.4 Å². The molecule has 1 heterocycles. The normalized spacial score (nSPS) is 10.7. The van der Waals surface area contributed by atoms with Crippen LogP contribution >= 0.6 is 0 Å². The molecule has 0 unspecified atom stereocenters. The third-order valence-corrected chi connectivity index (χ3v) is 3.27. The van der Waals surface area contributed by atoms with E-state index in [0.29, 0.717) is 22.6 Å². The average Bonchev–Trinajstić information content (AvgIpc) is 2.97. The lowest BCUT2D eigenvalue weighted by Gasteiger charge is -2.11. The SMILES string of the molecule is Cc1cc(C(=O)NC(C)C)ccc1NC(=O)c1coc(CN)c1. The Labute approximate surface area is 135 Å². The van der Waals surface area contributed by atoms with Gasteiger partial charge in [0.15, 0.2) is 0 Å². The highest BCUT2D eigenvalue weighted by Crippen LogP contribution is 2.18. The lowest BCUT2D eigenvalue weighted by Crippen LogP contribution is -2.30. The molecule has 6 nitrogen and oxygen atoms in total. The molecule has 2 amide bonds. The Balaban J connectivity index is 2.11. The van der Waals surface area contributed by atoms with E-state index in [1.165, 1.54) is 6.26 Å². The molecule has 4 N–H and O–H groups in total. The summed E-state index contributed by atoms with van der Waals surface area (Å²) < 4.78 is 5.15. The van der Waals surface area contributed by atoms with Crippen molar-refractivity contribution >= 4 is 17.5 Å². The van der Waals surface area contributed by atoms with Crippen LogP contribution in [-0.2, 0) is 6.54 Å². The van der Waals surface area contributed by atoms with Gasteiger partial charge in [0.05, 0.1) is 12.1 Å². The molecule has 0 aliphatic carbocycles. The van der Waals surface area contributed by atoms with E-state index in [1.807, 2.05) is 20.8 Å². The molecule has 1 aromatic carbocycles. The van der Waals surface area contributed by atoms with Crippen molar-refractivity contribution in [1.29, 1.82) is 0 Å². The highest BCUT2D eigenvalue weighted by atomic mass is 16.3. The number of carbonyl (C=O) groups excluding carboxylic acids is 2. The third-order valence-electron chi connectivity index (χ3n) is 3.27. The lowest BCUT2D eigenvalue weighted by atomic mass is 10.1. The van der Waals surface area contributed by atoms with Gasteiger partial charge >= 0.3 is 0 Å². The largest absolute Gasteiger partial charge is 0.467 e. The van der Waals surface area contributed by atoms with Crippen LogP contribution in [0.3, 0.4) is 0 Å². The number of hydrogen-bond donors (Lipinski definition) is 3. The van der Waals surface area contributed by atoms with Gasteiger partial charge in [-0.3, -0.25) is 9.59 Å². The van der Waals surface area contributed by atoms with Gasteiger partial charge in [0.25, 0.3) is 11.8 Å². The molecule has 122 valence electrons. The molecular weight excluding hydrogens is 294 g/mol. The summed E-state index contributed by atoms with van der Waals surface area (Å²) in [5.41, 5.74) is 7.87. The number of rotatable bonds is 5. The topological polar surface area (TPSA) is 97.4 Å². The predicted octanol–water partition coefficient (Wildman–Crippen LogP) is 2.44. The molecule has 0 atom stereocenters. The molecule has 2 rings (SSSR count). The molecule has 0 fully saturated rings. The summed E-state index contributed by atoms with van der Waals surface area (Å²) in [4.78, 5) is 24.1. The molecule has 0 aliphatic rings. The van der Waals surface area contributed by atoms with Crippen LogP contribution in [0, 0.1) is 6.92 Å². The molecule has 0 bridgehead atoms. The Bertz CT molecular complexity index is 720. The summed E-state index contributed by atoms with van der Waals surface area (Å²) in [6, 6.07) is 6.82. The maximum absolute atomic E-state index is 12.2. The highest BCUT2D eigenvalue weighted by molar-refractivity contribution is 6.05. The zero-order chi connectivity index (χ0) is 17.0. The number of aryl methyl sites for hydroxylation is 1. The molecule has 6 heteroatoms. The number of carbonyl (C=O) groups is 2. The molecule has 0 spiro atoms. The number of benzene rings is 1. The van der Waals surface area contributed by atoms with Gasteiger partial charge in [0.2, 0.25) is 0 Å². The summed E-state index contributed by atoms with van der Waals surface area (Å²) in [7, 11) is 0. The van der Waals surface area contributed by atoms with E-state index in [2.05, 4.69) is 10.6 Å². The Morgan fingerprint density at radius 1 is 1.17 bits per heavy atom. The first-order valence-electron chi connectivity index (χ1n) is 7.41. The average molecular weight is 315 g/mol. The summed E-state index contributed by atoms with van der Waals surface area (Å²) in [6.07, 6.45) is 1.37. The number of hydrogen-bond acceptors (Lipinski definition) is 4. The van der Waals surface area contributed by atoms with Gasteiger partial charge in [-0.2, -0.15) is 0 Å². The van der Waals surface area contributed by atoms with Gasteiger partial charge in [-0.25, -0.2) is 0 Å².